The highest BCUT2D eigenvalue weighted by Crippen LogP contribution is 2.18. The normalized spacial score (nSPS) is 12.9. The number of nitrogens with zero attached hydrogens (tertiary/aromatic N) is 1. The van der Waals surface area contributed by atoms with Crippen LogP contribution in [0.15, 0.2) is 42.5 Å². The third-order valence-electron chi connectivity index (χ3n) is 5.67. The second-order valence-electron chi connectivity index (χ2n) is 8.36. The zero-order valence-electron chi connectivity index (χ0n) is 19.3. The smallest absolute Gasteiger partial charge is 0.243 e. The molecule has 0 saturated heterocycles. The molecule has 0 unspecified atom stereocenters. The zero-order valence-corrected chi connectivity index (χ0v) is 19.3. The molecule has 4 nitrogen and oxygen atoms in total. The largest absolute Gasteiger partial charge is 0.352 e. The molecule has 0 spiro atoms. The highest BCUT2D eigenvalue weighted by atomic mass is 16.2. The Balaban J connectivity index is 2.34. The molecule has 0 aromatic heterocycles. The Morgan fingerprint density at radius 3 is 2.30 bits per heavy atom. The van der Waals surface area contributed by atoms with E-state index in [1.54, 1.807) is 4.90 Å². The summed E-state index contributed by atoms with van der Waals surface area (Å²) in [5.74, 6) is -0.0924. The van der Waals surface area contributed by atoms with Gasteiger partial charge >= 0.3 is 0 Å². The lowest BCUT2D eigenvalue weighted by molar-refractivity contribution is -0.141. The van der Waals surface area contributed by atoms with E-state index in [0.29, 0.717) is 19.4 Å². The minimum Gasteiger partial charge on any atom is -0.352 e. The molecule has 4 heteroatoms. The first-order valence-electron chi connectivity index (χ1n) is 11.0. The summed E-state index contributed by atoms with van der Waals surface area (Å²) >= 11 is 0. The summed E-state index contributed by atoms with van der Waals surface area (Å²) in [6.07, 6.45) is 1.73. The Bertz CT molecular complexity index is 875. The molecule has 2 atom stereocenters. The fourth-order valence-corrected chi connectivity index (χ4v) is 3.62. The van der Waals surface area contributed by atoms with Gasteiger partial charge in [-0.2, -0.15) is 0 Å². The maximum atomic E-state index is 13.5. The van der Waals surface area contributed by atoms with E-state index in [0.717, 1.165) is 34.2 Å². The van der Waals surface area contributed by atoms with E-state index >= 15 is 0 Å². The van der Waals surface area contributed by atoms with E-state index in [1.165, 1.54) is 0 Å². The molecule has 0 heterocycles. The molecule has 2 aromatic carbocycles. The molecular weight excluding hydrogens is 372 g/mol. The van der Waals surface area contributed by atoms with Crippen LogP contribution in [0.5, 0.6) is 0 Å². The molecular formula is C26H36N2O2. The molecule has 2 aromatic rings. The van der Waals surface area contributed by atoms with Crippen molar-refractivity contribution in [2.24, 2.45) is 0 Å². The van der Waals surface area contributed by atoms with Crippen LogP contribution >= 0.6 is 0 Å². The maximum Gasteiger partial charge on any atom is 0.243 e. The van der Waals surface area contributed by atoms with Crippen molar-refractivity contribution in [2.75, 3.05) is 0 Å². The van der Waals surface area contributed by atoms with Crippen LogP contribution in [0, 0.1) is 20.8 Å². The summed E-state index contributed by atoms with van der Waals surface area (Å²) in [4.78, 5) is 28.2. The first-order chi connectivity index (χ1) is 14.2. The molecule has 0 aliphatic heterocycles. The van der Waals surface area contributed by atoms with Gasteiger partial charge in [0.2, 0.25) is 11.8 Å². The van der Waals surface area contributed by atoms with Gasteiger partial charge in [0.15, 0.2) is 0 Å². The van der Waals surface area contributed by atoms with Gasteiger partial charge in [-0.25, -0.2) is 0 Å². The fourth-order valence-electron chi connectivity index (χ4n) is 3.62. The first-order valence-corrected chi connectivity index (χ1v) is 11.0. The van der Waals surface area contributed by atoms with E-state index in [-0.39, 0.29) is 17.9 Å². The van der Waals surface area contributed by atoms with Gasteiger partial charge in [-0.15, -0.1) is 0 Å². The molecule has 0 aliphatic carbocycles. The van der Waals surface area contributed by atoms with E-state index in [2.05, 4.69) is 29.6 Å². The van der Waals surface area contributed by atoms with E-state index in [9.17, 15) is 9.59 Å². The standard InChI is InChI=1S/C26H36N2O2/c1-7-21(6)27-26(30)24(8-2)28(17-22-11-9-10-18(3)14-22)25(29)16-23-15-19(4)12-13-20(23)5/h9-15,21,24H,7-8,16-17H2,1-6H3,(H,27,30)/t21-,24+/m0/s1. The average molecular weight is 409 g/mol. The van der Waals surface area contributed by atoms with Crippen molar-refractivity contribution in [3.8, 4) is 0 Å². The van der Waals surface area contributed by atoms with Crippen molar-refractivity contribution in [2.45, 2.75) is 79.4 Å². The molecule has 30 heavy (non-hydrogen) atoms. The number of amides is 2. The van der Waals surface area contributed by atoms with Crippen LogP contribution in [0.1, 0.15) is 61.4 Å². The van der Waals surface area contributed by atoms with Crippen LogP contribution in [-0.2, 0) is 22.6 Å². The highest BCUT2D eigenvalue weighted by molar-refractivity contribution is 5.88. The number of hydrogen-bond donors (Lipinski definition) is 1. The van der Waals surface area contributed by atoms with Gasteiger partial charge in [0, 0.05) is 12.6 Å². The molecule has 1 N–H and O–H groups in total. The number of hydrogen-bond acceptors (Lipinski definition) is 2. The van der Waals surface area contributed by atoms with Gasteiger partial charge in [0.1, 0.15) is 6.04 Å². The van der Waals surface area contributed by atoms with Crippen LogP contribution in [0.2, 0.25) is 0 Å². The summed E-state index contributed by atoms with van der Waals surface area (Å²) in [5, 5.41) is 3.06. The van der Waals surface area contributed by atoms with Crippen molar-refractivity contribution in [1.29, 1.82) is 0 Å². The topological polar surface area (TPSA) is 49.4 Å². The lowest BCUT2D eigenvalue weighted by Crippen LogP contribution is -2.51. The maximum absolute atomic E-state index is 13.5. The Morgan fingerprint density at radius 1 is 0.967 bits per heavy atom. The molecule has 0 aliphatic rings. The Kier molecular flexibility index (Phi) is 8.64. The van der Waals surface area contributed by atoms with Gasteiger partial charge in [-0.3, -0.25) is 9.59 Å². The molecule has 162 valence electrons. The zero-order chi connectivity index (χ0) is 22.3. The summed E-state index contributed by atoms with van der Waals surface area (Å²) < 4.78 is 0. The third-order valence-corrected chi connectivity index (χ3v) is 5.67. The predicted octanol–water partition coefficient (Wildman–Crippen LogP) is 4.88. The quantitative estimate of drug-likeness (QED) is 0.643. The Morgan fingerprint density at radius 2 is 1.67 bits per heavy atom. The average Bonchev–Trinajstić information content (AvgIpc) is 2.70. The van der Waals surface area contributed by atoms with Crippen LogP contribution < -0.4 is 5.32 Å². The summed E-state index contributed by atoms with van der Waals surface area (Å²) in [6, 6.07) is 13.9. The minimum absolute atomic E-state index is 0.0173. The van der Waals surface area contributed by atoms with Crippen molar-refractivity contribution < 1.29 is 9.59 Å². The number of benzene rings is 2. The minimum atomic E-state index is -0.489. The van der Waals surface area contributed by atoms with Crippen molar-refractivity contribution >= 4 is 11.8 Å². The predicted molar refractivity (Wildman–Crippen MR) is 123 cm³/mol. The third kappa shape index (κ3) is 6.45. The van der Waals surface area contributed by atoms with Crippen molar-refractivity contribution in [1.82, 2.24) is 10.2 Å². The van der Waals surface area contributed by atoms with E-state index in [1.807, 2.05) is 59.7 Å². The van der Waals surface area contributed by atoms with Crippen LogP contribution in [0.25, 0.3) is 0 Å². The second kappa shape index (κ2) is 11.0. The van der Waals surface area contributed by atoms with Gasteiger partial charge in [-0.1, -0.05) is 67.4 Å². The molecule has 2 amide bonds. The van der Waals surface area contributed by atoms with Crippen molar-refractivity contribution in [3.63, 3.8) is 0 Å². The lowest BCUT2D eigenvalue weighted by atomic mass is 10.0. The monoisotopic (exact) mass is 408 g/mol. The highest BCUT2D eigenvalue weighted by Gasteiger charge is 2.29. The molecule has 0 saturated carbocycles. The van der Waals surface area contributed by atoms with Gasteiger partial charge in [0.05, 0.1) is 6.42 Å². The first kappa shape index (κ1) is 23.7. The van der Waals surface area contributed by atoms with Gasteiger partial charge < -0.3 is 10.2 Å². The van der Waals surface area contributed by atoms with Crippen molar-refractivity contribution in [3.05, 3.63) is 70.3 Å². The number of carbonyl (C=O) groups is 2. The molecule has 2 rings (SSSR count). The Labute approximate surface area is 181 Å². The van der Waals surface area contributed by atoms with Gasteiger partial charge in [-0.05, 0) is 57.2 Å². The lowest BCUT2D eigenvalue weighted by Gasteiger charge is -2.32. The SMILES string of the molecule is CC[C@H](C(=O)N[C@@H](C)CC)N(Cc1cccc(C)c1)C(=O)Cc1cc(C)ccc1C. The van der Waals surface area contributed by atoms with Gasteiger partial charge in [0.25, 0.3) is 0 Å². The number of carbonyl (C=O) groups excluding carboxylic acids is 2. The second-order valence-corrected chi connectivity index (χ2v) is 8.36. The van der Waals surface area contributed by atoms with Crippen LogP contribution in [0.3, 0.4) is 0 Å². The number of nitrogens with one attached hydrogen (secondary N) is 1. The molecule has 0 radical (unpaired) electrons. The molecule has 0 fully saturated rings. The van der Waals surface area contributed by atoms with E-state index < -0.39 is 6.04 Å². The van der Waals surface area contributed by atoms with Crippen LogP contribution in [-0.4, -0.2) is 28.8 Å². The fraction of sp³-hybridized carbons (Fsp3) is 0.462. The van der Waals surface area contributed by atoms with Crippen LogP contribution in [0.4, 0.5) is 0 Å². The number of rotatable bonds is 9. The summed E-state index contributed by atoms with van der Waals surface area (Å²) in [5.41, 5.74) is 5.44. The van der Waals surface area contributed by atoms with E-state index in [4.69, 9.17) is 0 Å². The molecule has 0 bridgehead atoms. The summed E-state index contributed by atoms with van der Waals surface area (Å²) in [6.45, 7) is 12.5. The summed E-state index contributed by atoms with van der Waals surface area (Å²) in [7, 11) is 0. The number of aryl methyl sites for hydroxylation is 3. The Hall–Kier alpha value is -2.62.